The molecule has 0 fully saturated rings. The average Bonchev–Trinajstić information content (AvgIpc) is 3.02. The Balaban J connectivity index is 2.09. The molecule has 0 bridgehead atoms. The van der Waals surface area contributed by atoms with Crippen LogP contribution in [0.3, 0.4) is 0 Å². The summed E-state index contributed by atoms with van der Waals surface area (Å²) >= 11 is 5.95. The summed E-state index contributed by atoms with van der Waals surface area (Å²) in [5.74, 6) is 0. The number of aromatic nitrogens is 2. The zero-order chi connectivity index (χ0) is 18.9. The van der Waals surface area contributed by atoms with Gasteiger partial charge >= 0.3 is 6.18 Å². The van der Waals surface area contributed by atoms with Crippen LogP contribution in [0, 0.1) is 11.3 Å². The van der Waals surface area contributed by atoms with Crippen molar-refractivity contribution in [1.82, 2.24) is 9.97 Å². The van der Waals surface area contributed by atoms with Gasteiger partial charge in [-0.2, -0.15) is 18.4 Å². The van der Waals surface area contributed by atoms with Gasteiger partial charge < -0.3 is 4.98 Å². The van der Waals surface area contributed by atoms with Crippen molar-refractivity contribution in [3.63, 3.8) is 0 Å². The molecule has 26 heavy (non-hydrogen) atoms. The fourth-order valence-corrected chi connectivity index (χ4v) is 3.02. The quantitative estimate of drug-likeness (QED) is 0.583. The Labute approximate surface area is 152 Å². The molecular weight excluding hydrogens is 363 g/mol. The molecule has 3 rings (SSSR count). The molecule has 0 unspecified atom stereocenters. The number of halogens is 4. The van der Waals surface area contributed by atoms with Crippen molar-refractivity contribution in [2.45, 2.75) is 19.5 Å². The van der Waals surface area contributed by atoms with Gasteiger partial charge in [-0.1, -0.05) is 36.7 Å². The van der Waals surface area contributed by atoms with Crippen LogP contribution in [0.25, 0.3) is 22.6 Å². The van der Waals surface area contributed by atoms with Crippen LogP contribution < -0.4 is 0 Å². The first-order valence-electron chi connectivity index (χ1n) is 7.79. The number of para-hydroxylation sites is 1. The lowest BCUT2D eigenvalue weighted by Gasteiger charge is -2.08. The topological polar surface area (TPSA) is 52.5 Å². The summed E-state index contributed by atoms with van der Waals surface area (Å²) < 4.78 is 38.3. The molecule has 0 spiro atoms. The highest BCUT2D eigenvalue weighted by molar-refractivity contribution is 6.32. The number of allylic oxidation sites excluding steroid dienone is 1. The summed E-state index contributed by atoms with van der Waals surface area (Å²) in [5.41, 5.74) is 1.99. The van der Waals surface area contributed by atoms with Crippen LogP contribution in [0.4, 0.5) is 13.2 Å². The molecule has 3 nitrogen and oxygen atoms in total. The highest BCUT2D eigenvalue weighted by Crippen LogP contribution is 2.33. The van der Waals surface area contributed by atoms with Crippen molar-refractivity contribution >= 4 is 34.2 Å². The molecule has 0 aliphatic carbocycles. The van der Waals surface area contributed by atoms with E-state index in [9.17, 15) is 18.4 Å². The van der Waals surface area contributed by atoms with E-state index in [1.807, 2.05) is 31.2 Å². The van der Waals surface area contributed by atoms with Gasteiger partial charge in [0, 0.05) is 28.9 Å². The van der Waals surface area contributed by atoms with E-state index < -0.39 is 11.7 Å². The molecule has 1 aromatic carbocycles. The number of hydrogen-bond acceptors (Lipinski definition) is 2. The van der Waals surface area contributed by atoms with E-state index in [0.29, 0.717) is 6.20 Å². The zero-order valence-electron chi connectivity index (χ0n) is 13.7. The predicted molar refractivity (Wildman–Crippen MR) is 95.4 cm³/mol. The summed E-state index contributed by atoms with van der Waals surface area (Å²) in [6.45, 7) is 2.04. The average molecular weight is 376 g/mol. The van der Waals surface area contributed by atoms with E-state index in [0.717, 1.165) is 34.5 Å². The molecule has 0 saturated heterocycles. The summed E-state index contributed by atoms with van der Waals surface area (Å²) in [6, 6.07) is 8.58. The zero-order valence-corrected chi connectivity index (χ0v) is 14.4. The number of pyridine rings is 1. The second-order valence-electron chi connectivity index (χ2n) is 5.66. The highest BCUT2D eigenvalue weighted by Gasteiger charge is 2.31. The van der Waals surface area contributed by atoms with Crippen LogP contribution in [-0.2, 0) is 12.6 Å². The first kappa shape index (κ1) is 18.0. The van der Waals surface area contributed by atoms with Crippen molar-refractivity contribution in [3.05, 3.63) is 64.1 Å². The van der Waals surface area contributed by atoms with Crippen LogP contribution in [0.15, 0.2) is 36.7 Å². The first-order chi connectivity index (χ1) is 12.3. The van der Waals surface area contributed by atoms with Gasteiger partial charge in [-0.05, 0) is 24.1 Å². The SMILES string of the molecule is CCc1cccc2c(C=C(C#N)c3ncc(C(F)(F)F)cc3Cl)c[nH]c12. The largest absolute Gasteiger partial charge is 0.417 e. The van der Waals surface area contributed by atoms with E-state index >= 15 is 0 Å². The lowest BCUT2D eigenvalue weighted by atomic mass is 10.0. The first-order valence-corrected chi connectivity index (χ1v) is 8.16. The predicted octanol–water partition coefficient (Wildman–Crippen LogP) is 5.86. The number of nitriles is 1. The third kappa shape index (κ3) is 3.31. The summed E-state index contributed by atoms with van der Waals surface area (Å²) in [5, 5.41) is 10.2. The molecule has 0 radical (unpaired) electrons. The fraction of sp³-hybridized carbons (Fsp3) is 0.158. The Bertz CT molecular complexity index is 1040. The van der Waals surface area contributed by atoms with E-state index in [-0.39, 0.29) is 16.3 Å². The molecule has 0 aliphatic heterocycles. The van der Waals surface area contributed by atoms with Gasteiger partial charge in [-0.3, -0.25) is 4.98 Å². The van der Waals surface area contributed by atoms with Gasteiger partial charge in [0.05, 0.1) is 21.9 Å². The molecule has 1 N–H and O–H groups in total. The smallest absolute Gasteiger partial charge is 0.360 e. The maximum Gasteiger partial charge on any atom is 0.417 e. The maximum atomic E-state index is 12.8. The molecule has 2 aromatic heterocycles. The number of benzene rings is 1. The monoisotopic (exact) mass is 375 g/mol. The number of alkyl halides is 3. The maximum absolute atomic E-state index is 12.8. The molecular formula is C19H13ClF3N3. The van der Waals surface area contributed by atoms with Crippen LogP contribution in [0.2, 0.25) is 5.02 Å². The van der Waals surface area contributed by atoms with Gasteiger partial charge in [-0.15, -0.1) is 0 Å². The van der Waals surface area contributed by atoms with Crippen molar-refractivity contribution in [1.29, 1.82) is 5.26 Å². The van der Waals surface area contributed by atoms with E-state index in [4.69, 9.17) is 11.6 Å². The van der Waals surface area contributed by atoms with Crippen molar-refractivity contribution in [3.8, 4) is 6.07 Å². The lowest BCUT2D eigenvalue weighted by Crippen LogP contribution is -2.06. The number of aromatic amines is 1. The molecule has 132 valence electrons. The van der Waals surface area contributed by atoms with Crippen LogP contribution in [0.5, 0.6) is 0 Å². The number of nitrogens with one attached hydrogen (secondary N) is 1. The molecule has 2 heterocycles. The van der Waals surface area contributed by atoms with Gasteiger partial charge in [-0.25, -0.2) is 0 Å². The minimum Gasteiger partial charge on any atom is -0.360 e. The van der Waals surface area contributed by atoms with Crippen LogP contribution >= 0.6 is 11.6 Å². The summed E-state index contributed by atoms with van der Waals surface area (Å²) in [6.07, 6.45) is 0.299. The van der Waals surface area contributed by atoms with Gasteiger partial charge in [0.15, 0.2) is 0 Å². The number of hydrogen-bond donors (Lipinski definition) is 1. The lowest BCUT2D eigenvalue weighted by molar-refractivity contribution is -0.137. The standard InChI is InChI=1S/C19H13ClF3N3/c1-2-11-4-3-5-15-13(9-25-17(11)15)6-12(8-24)18-16(20)7-14(10-26-18)19(21,22)23/h3-7,9-10,25H,2H2,1H3. The number of nitrogens with zero attached hydrogens (tertiary/aromatic N) is 2. The van der Waals surface area contributed by atoms with E-state index in [2.05, 4.69) is 9.97 Å². The van der Waals surface area contributed by atoms with E-state index in [1.54, 1.807) is 12.3 Å². The Morgan fingerprint density at radius 2 is 2.15 bits per heavy atom. The third-order valence-electron chi connectivity index (χ3n) is 4.06. The molecule has 0 aliphatic rings. The molecule has 3 aromatic rings. The second-order valence-corrected chi connectivity index (χ2v) is 6.07. The summed E-state index contributed by atoms with van der Waals surface area (Å²) in [4.78, 5) is 6.93. The Morgan fingerprint density at radius 1 is 1.38 bits per heavy atom. The van der Waals surface area contributed by atoms with E-state index in [1.165, 1.54) is 0 Å². The third-order valence-corrected chi connectivity index (χ3v) is 4.35. The molecule has 0 saturated carbocycles. The normalized spacial score (nSPS) is 12.4. The number of rotatable bonds is 3. The van der Waals surface area contributed by atoms with Crippen molar-refractivity contribution in [2.24, 2.45) is 0 Å². The minimum absolute atomic E-state index is 0.0168. The molecule has 7 heteroatoms. The van der Waals surface area contributed by atoms with Crippen molar-refractivity contribution in [2.75, 3.05) is 0 Å². The van der Waals surface area contributed by atoms with Gasteiger partial charge in [0.1, 0.15) is 6.07 Å². The Kier molecular flexibility index (Phi) is 4.75. The van der Waals surface area contributed by atoms with Crippen LogP contribution in [0.1, 0.15) is 29.3 Å². The summed E-state index contributed by atoms with van der Waals surface area (Å²) in [7, 11) is 0. The second kappa shape index (κ2) is 6.85. The Hall–Kier alpha value is -2.78. The van der Waals surface area contributed by atoms with Crippen molar-refractivity contribution < 1.29 is 13.2 Å². The Morgan fingerprint density at radius 3 is 2.77 bits per heavy atom. The molecule has 0 amide bonds. The molecule has 0 atom stereocenters. The fourth-order valence-electron chi connectivity index (χ4n) is 2.75. The minimum atomic E-state index is -4.54. The van der Waals surface area contributed by atoms with Crippen LogP contribution in [-0.4, -0.2) is 9.97 Å². The highest BCUT2D eigenvalue weighted by atomic mass is 35.5. The number of aryl methyl sites for hydroxylation is 1. The number of fused-ring (bicyclic) bond motifs is 1. The number of H-pyrrole nitrogens is 1. The van der Waals surface area contributed by atoms with Gasteiger partial charge in [0.25, 0.3) is 0 Å². The van der Waals surface area contributed by atoms with Gasteiger partial charge in [0.2, 0.25) is 0 Å².